The van der Waals surface area contributed by atoms with Gasteiger partial charge in [-0.2, -0.15) is 0 Å². The Morgan fingerprint density at radius 2 is 1.86 bits per heavy atom. The summed E-state index contributed by atoms with van der Waals surface area (Å²) in [6, 6.07) is 15.6. The van der Waals surface area contributed by atoms with E-state index in [9.17, 15) is 4.79 Å². The van der Waals surface area contributed by atoms with E-state index in [-0.39, 0.29) is 11.8 Å². The van der Waals surface area contributed by atoms with Crippen LogP contribution in [0.3, 0.4) is 0 Å². The van der Waals surface area contributed by atoms with Gasteiger partial charge in [-0.05, 0) is 35.2 Å². The van der Waals surface area contributed by atoms with Gasteiger partial charge in [0.2, 0.25) is 5.91 Å². The Labute approximate surface area is 133 Å². The van der Waals surface area contributed by atoms with Crippen molar-refractivity contribution >= 4 is 27.5 Å². The van der Waals surface area contributed by atoms with E-state index in [1.165, 1.54) is 0 Å². The van der Waals surface area contributed by atoms with Crippen molar-refractivity contribution in [3.05, 3.63) is 64.1 Å². The van der Waals surface area contributed by atoms with Gasteiger partial charge in [-0.1, -0.05) is 53.2 Å². The Hall–Kier alpha value is -1.81. The average Bonchev–Trinajstić information content (AvgIpc) is 2.47. The third-order valence-electron chi connectivity index (χ3n) is 3.43. The summed E-state index contributed by atoms with van der Waals surface area (Å²) >= 11 is 3.48. The first-order valence-corrected chi connectivity index (χ1v) is 7.71. The lowest BCUT2D eigenvalue weighted by Gasteiger charge is -2.13. The summed E-state index contributed by atoms with van der Waals surface area (Å²) in [7, 11) is 0. The van der Waals surface area contributed by atoms with E-state index in [4.69, 9.17) is 5.73 Å². The fraction of sp³-hybridized carbons (Fsp3) is 0.235. The van der Waals surface area contributed by atoms with Gasteiger partial charge in [0.15, 0.2) is 0 Å². The first kappa shape index (κ1) is 15.6. The van der Waals surface area contributed by atoms with Gasteiger partial charge >= 0.3 is 0 Å². The molecule has 2 aromatic rings. The number of nitrogens with one attached hydrogen (secondary N) is 1. The van der Waals surface area contributed by atoms with Crippen molar-refractivity contribution < 1.29 is 4.79 Å². The molecule has 0 aliphatic rings. The maximum atomic E-state index is 12.0. The Morgan fingerprint density at radius 1 is 1.19 bits per heavy atom. The van der Waals surface area contributed by atoms with Crippen LogP contribution in [0.15, 0.2) is 53.0 Å². The summed E-state index contributed by atoms with van der Waals surface area (Å²) in [4.78, 5) is 12.0. The van der Waals surface area contributed by atoms with Crippen molar-refractivity contribution in [3.8, 4) is 0 Å². The van der Waals surface area contributed by atoms with Crippen molar-refractivity contribution in [2.24, 2.45) is 0 Å². The molecule has 0 saturated heterocycles. The zero-order chi connectivity index (χ0) is 15.2. The van der Waals surface area contributed by atoms with Crippen LogP contribution < -0.4 is 11.1 Å². The molecule has 0 aliphatic carbocycles. The van der Waals surface area contributed by atoms with Gasteiger partial charge in [-0.15, -0.1) is 0 Å². The molecule has 0 aromatic heterocycles. The molecule has 0 spiro atoms. The topological polar surface area (TPSA) is 55.1 Å². The number of nitrogen functional groups attached to an aromatic ring is 1. The molecule has 0 aliphatic heterocycles. The van der Waals surface area contributed by atoms with Crippen molar-refractivity contribution in [3.63, 3.8) is 0 Å². The largest absolute Gasteiger partial charge is 0.399 e. The molecule has 3 N–H and O–H groups in total. The lowest BCUT2D eigenvalue weighted by atomic mass is 9.97. The van der Waals surface area contributed by atoms with Crippen LogP contribution in [0.2, 0.25) is 0 Å². The minimum Gasteiger partial charge on any atom is -0.399 e. The minimum absolute atomic E-state index is 0.0510. The van der Waals surface area contributed by atoms with Gasteiger partial charge in [0.25, 0.3) is 0 Å². The zero-order valence-corrected chi connectivity index (χ0v) is 13.6. The highest BCUT2D eigenvalue weighted by Gasteiger charge is 2.11. The number of nitrogens with two attached hydrogens (primary N) is 1. The monoisotopic (exact) mass is 346 g/mol. The lowest BCUT2D eigenvalue weighted by molar-refractivity contribution is -0.121. The lowest BCUT2D eigenvalue weighted by Crippen LogP contribution is -2.24. The van der Waals surface area contributed by atoms with Crippen molar-refractivity contribution in [2.45, 2.75) is 25.8 Å². The fourth-order valence-electron chi connectivity index (χ4n) is 2.13. The molecule has 1 unspecified atom stereocenters. The van der Waals surface area contributed by atoms with Gasteiger partial charge in [0.05, 0.1) is 0 Å². The summed E-state index contributed by atoms with van der Waals surface area (Å²) in [5.74, 6) is 0.222. The molecule has 1 amide bonds. The predicted molar refractivity (Wildman–Crippen MR) is 89.9 cm³/mol. The molecule has 0 radical (unpaired) electrons. The fourth-order valence-corrected chi connectivity index (χ4v) is 2.55. The molecule has 110 valence electrons. The first-order chi connectivity index (χ1) is 10.1. The Bertz CT molecular complexity index is 610. The van der Waals surface area contributed by atoms with Crippen LogP contribution in [0.25, 0.3) is 0 Å². The highest BCUT2D eigenvalue weighted by atomic mass is 79.9. The second kappa shape index (κ2) is 7.27. The van der Waals surface area contributed by atoms with Crippen LogP contribution in [0.5, 0.6) is 0 Å². The number of amides is 1. The van der Waals surface area contributed by atoms with E-state index in [0.717, 1.165) is 21.3 Å². The molecule has 2 aromatic carbocycles. The van der Waals surface area contributed by atoms with Crippen LogP contribution >= 0.6 is 15.9 Å². The quantitative estimate of drug-likeness (QED) is 0.808. The second-order valence-corrected chi connectivity index (χ2v) is 5.99. The Balaban J connectivity index is 1.87. The summed E-state index contributed by atoms with van der Waals surface area (Å²) in [6.07, 6.45) is 0.467. The zero-order valence-electron chi connectivity index (χ0n) is 12.0. The van der Waals surface area contributed by atoms with E-state index >= 15 is 0 Å². The van der Waals surface area contributed by atoms with Crippen molar-refractivity contribution in [2.75, 3.05) is 5.73 Å². The highest BCUT2D eigenvalue weighted by Crippen LogP contribution is 2.20. The molecule has 0 fully saturated rings. The van der Waals surface area contributed by atoms with Gasteiger partial charge < -0.3 is 11.1 Å². The first-order valence-electron chi connectivity index (χ1n) is 6.92. The Kier molecular flexibility index (Phi) is 5.39. The van der Waals surface area contributed by atoms with Gasteiger partial charge in [-0.25, -0.2) is 0 Å². The average molecular weight is 347 g/mol. The van der Waals surface area contributed by atoms with Crippen LogP contribution in [0.1, 0.15) is 30.4 Å². The molecular formula is C17H19BrN2O. The van der Waals surface area contributed by atoms with Crippen LogP contribution in [0, 0.1) is 0 Å². The van der Waals surface area contributed by atoms with Crippen molar-refractivity contribution in [1.82, 2.24) is 5.32 Å². The van der Waals surface area contributed by atoms with Gasteiger partial charge in [0.1, 0.15) is 0 Å². The molecule has 0 heterocycles. The third-order valence-corrected chi connectivity index (χ3v) is 4.20. The third kappa shape index (κ3) is 4.60. The van der Waals surface area contributed by atoms with Gasteiger partial charge in [0, 0.05) is 23.1 Å². The standard InChI is InChI=1S/C17H19BrN2O/c1-12(13-6-8-15(19)9-7-13)10-17(21)20-11-14-4-2-3-5-16(14)18/h2-9,12H,10-11,19H2,1H3,(H,20,21). The normalized spacial score (nSPS) is 11.9. The van der Waals surface area contributed by atoms with Gasteiger partial charge in [-0.3, -0.25) is 4.79 Å². The number of hydrogen-bond acceptors (Lipinski definition) is 2. The maximum Gasteiger partial charge on any atom is 0.220 e. The van der Waals surface area contributed by atoms with E-state index in [2.05, 4.69) is 21.2 Å². The van der Waals surface area contributed by atoms with E-state index in [1.54, 1.807) is 0 Å². The number of carbonyl (C=O) groups excluding carboxylic acids is 1. The Morgan fingerprint density at radius 3 is 2.52 bits per heavy atom. The molecule has 0 saturated carbocycles. The maximum absolute atomic E-state index is 12.0. The molecule has 1 atom stereocenters. The molecule has 0 bridgehead atoms. The minimum atomic E-state index is 0.0510. The summed E-state index contributed by atoms with van der Waals surface area (Å²) < 4.78 is 1.01. The SMILES string of the molecule is CC(CC(=O)NCc1ccccc1Br)c1ccc(N)cc1. The van der Waals surface area contributed by atoms with Crippen LogP contribution in [0.4, 0.5) is 5.69 Å². The van der Waals surface area contributed by atoms with Crippen molar-refractivity contribution in [1.29, 1.82) is 0 Å². The molecular weight excluding hydrogens is 328 g/mol. The number of benzene rings is 2. The smallest absolute Gasteiger partial charge is 0.220 e. The van der Waals surface area contributed by atoms with Crippen LogP contribution in [-0.2, 0) is 11.3 Å². The van der Waals surface area contributed by atoms with Crippen LogP contribution in [-0.4, -0.2) is 5.91 Å². The number of carbonyl (C=O) groups is 1. The number of anilines is 1. The summed E-state index contributed by atoms with van der Waals surface area (Å²) in [5, 5.41) is 2.96. The summed E-state index contributed by atoms with van der Waals surface area (Å²) in [6.45, 7) is 2.58. The second-order valence-electron chi connectivity index (χ2n) is 5.14. The van der Waals surface area contributed by atoms with E-state index in [1.807, 2.05) is 55.5 Å². The molecule has 3 nitrogen and oxygen atoms in total. The number of rotatable bonds is 5. The number of halogens is 1. The summed E-state index contributed by atoms with van der Waals surface area (Å²) in [5.41, 5.74) is 8.61. The molecule has 4 heteroatoms. The molecule has 21 heavy (non-hydrogen) atoms. The highest BCUT2D eigenvalue weighted by molar-refractivity contribution is 9.10. The van der Waals surface area contributed by atoms with E-state index < -0.39 is 0 Å². The molecule has 2 rings (SSSR count). The predicted octanol–water partition coefficient (Wildman–Crippen LogP) is 3.84. The van der Waals surface area contributed by atoms with E-state index in [0.29, 0.717) is 13.0 Å². The number of hydrogen-bond donors (Lipinski definition) is 2.